The molecule has 0 saturated carbocycles. The summed E-state index contributed by atoms with van der Waals surface area (Å²) in [6.07, 6.45) is 5.99. The molecule has 0 radical (unpaired) electrons. The Morgan fingerprint density at radius 3 is 2.51 bits per heavy atom. The minimum absolute atomic E-state index is 0.259. The fraction of sp³-hybridized carbons (Fsp3) is 0. The topological polar surface area (TPSA) is 86.7 Å². The van der Waals surface area contributed by atoms with Crippen LogP contribution in [0.5, 0.6) is 5.75 Å². The summed E-state index contributed by atoms with van der Waals surface area (Å²) in [4.78, 5) is 30.2. The number of rotatable bonds is 6. The van der Waals surface area contributed by atoms with Gasteiger partial charge in [0, 0.05) is 11.6 Å². The van der Waals surface area contributed by atoms with Crippen LogP contribution in [0.3, 0.4) is 0 Å². The number of para-hydroxylation sites is 2. The Kier molecular flexibility index (Phi) is 6.13. The monoisotopic (exact) mass is 461 g/mol. The highest BCUT2D eigenvalue weighted by Crippen LogP contribution is 2.20. The number of benzene rings is 3. The van der Waals surface area contributed by atoms with Crippen LogP contribution in [0, 0.1) is 0 Å². The van der Waals surface area contributed by atoms with Crippen molar-refractivity contribution in [3.63, 3.8) is 0 Å². The molecule has 3 aromatic carbocycles. The van der Waals surface area contributed by atoms with Crippen molar-refractivity contribution < 1.29 is 13.9 Å². The Morgan fingerprint density at radius 2 is 1.69 bits per heavy atom. The van der Waals surface area contributed by atoms with Gasteiger partial charge in [0.2, 0.25) is 5.82 Å². The predicted molar refractivity (Wildman–Crippen MR) is 134 cm³/mol. The number of aromatic nitrogens is 2. The third-order valence-corrected chi connectivity index (χ3v) is 5.15. The molecule has 5 rings (SSSR count). The molecule has 0 N–H and O–H groups in total. The van der Waals surface area contributed by atoms with Gasteiger partial charge in [0.25, 0.3) is 5.56 Å². The zero-order valence-electron chi connectivity index (χ0n) is 18.4. The lowest BCUT2D eigenvalue weighted by atomic mass is 10.2. The molecule has 0 fully saturated rings. The average molecular weight is 461 g/mol. The summed E-state index contributed by atoms with van der Waals surface area (Å²) in [6.45, 7) is 0. The van der Waals surface area contributed by atoms with E-state index in [1.54, 1.807) is 60.7 Å². The quantitative estimate of drug-likeness (QED) is 0.151. The largest absolute Gasteiger partial charge is 0.461 e. The summed E-state index contributed by atoms with van der Waals surface area (Å²) in [5, 5.41) is 4.81. The molecule has 0 aliphatic carbocycles. The molecule has 0 aliphatic rings. The van der Waals surface area contributed by atoms with Gasteiger partial charge in [-0.15, -0.1) is 0 Å². The summed E-state index contributed by atoms with van der Waals surface area (Å²) in [5.74, 6) is 0.432. The summed E-state index contributed by atoms with van der Waals surface area (Å²) < 4.78 is 12.2. The fourth-order valence-electron chi connectivity index (χ4n) is 3.47. The Morgan fingerprint density at radius 1 is 0.914 bits per heavy atom. The number of furan rings is 1. The van der Waals surface area contributed by atoms with E-state index in [0.29, 0.717) is 28.0 Å². The van der Waals surface area contributed by atoms with Gasteiger partial charge in [0.05, 0.1) is 23.4 Å². The van der Waals surface area contributed by atoms with E-state index >= 15 is 0 Å². The van der Waals surface area contributed by atoms with Gasteiger partial charge in [-0.1, -0.05) is 54.6 Å². The van der Waals surface area contributed by atoms with E-state index in [-0.39, 0.29) is 11.4 Å². The fourth-order valence-corrected chi connectivity index (χ4v) is 3.47. The van der Waals surface area contributed by atoms with Crippen LogP contribution in [0.25, 0.3) is 28.6 Å². The number of ether oxygens (including phenoxy) is 1. The second-order valence-corrected chi connectivity index (χ2v) is 7.49. The number of hydrogen-bond acceptors (Lipinski definition) is 6. The molecule has 0 saturated heterocycles. The van der Waals surface area contributed by atoms with E-state index in [1.807, 2.05) is 36.4 Å². The Labute approximate surface area is 200 Å². The van der Waals surface area contributed by atoms with Crippen molar-refractivity contribution in [1.29, 1.82) is 0 Å². The van der Waals surface area contributed by atoms with Crippen molar-refractivity contribution in [2.45, 2.75) is 0 Å². The lowest BCUT2D eigenvalue weighted by Crippen LogP contribution is -2.20. The van der Waals surface area contributed by atoms with Crippen LogP contribution in [0.4, 0.5) is 0 Å². The third kappa shape index (κ3) is 4.84. The zero-order valence-corrected chi connectivity index (χ0v) is 18.4. The van der Waals surface area contributed by atoms with Crippen LogP contribution in [0.2, 0.25) is 0 Å². The molecule has 7 nitrogen and oxygen atoms in total. The van der Waals surface area contributed by atoms with E-state index in [4.69, 9.17) is 9.15 Å². The molecule has 35 heavy (non-hydrogen) atoms. The van der Waals surface area contributed by atoms with E-state index in [1.165, 1.54) is 23.2 Å². The maximum atomic E-state index is 13.2. The molecular formula is C28H19N3O4. The van der Waals surface area contributed by atoms with Crippen LogP contribution in [0.1, 0.15) is 11.1 Å². The summed E-state index contributed by atoms with van der Waals surface area (Å²) in [7, 11) is 0. The lowest BCUT2D eigenvalue weighted by molar-refractivity contribution is -0.128. The predicted octanol–water partition coefficient (Wildman–Crippen LogP) is 5.16. The first-order valence-electron chi connectivity index (χ1n) is 10.8. The molecule has 7 heteroatoms. The van der Waals surface area contributed by atoms with Crippen LogP contribution >= 0.6 is 0 Å². The normalized spacial score (nSPS) is 11.4. The number of carbonyl (C=O) groups excluding carboxylic acids is 1. The van der Waals surface area contributed by atoms with Crippen molar-refractivity contribution in [3.05, 3.63) is 125 Å². The highest BCUT2D eigenvalue weighted by Gasteiger charge is 2.14. The van der Waals surface area contributed by atoms with Gasteiger partial charge in [-0.2, -0.15) is 9.78 Å². The molecule has 0 unspecified atom stereocenters. The van der Waals surface area contributed by atoms with Crippen molar-refractivity contribution >= 4 is 29.2 Å². The maximum Gasteiger partial charge on any atom is 0.336 e. The molecule has 5 aromatic rings. The third-order valence-electron chi connectivity index (χ3n) is 5.15. The Hall–Kier alpha value is -5.04. The molecule has 0 atom stereocenters. The van der Waals surface area contributed by atoms with E-state index in [2.05, 4.69) is 10.1 Å². The van der Waals surface area contributed by atoms with Crippen molar-refractivity contribution in [3.8, 4) is 17.3 Å². The van der Waals surface area contributed by atoms with Crippen molar-refractivity contribution in [2.24, 2.45) is 5.10 Å². The van der Waals surface area contributed by atoms with Gasteiger partial charge in [-0.25, -0.2) is 9.78 Å². The average Bonchev–Trinajstić information content (AvgIpc) is 3.43. The highest BCUT2D eigenvalue weighted by atomic mass is 16.5. The number of esters is 1. The summed E-state index contributed by atoms with van der Waals surface area (Å²) >= 11 is 0. The maximum absolute atomic E-state index is 13.2. The number of nitrogens with zero attached hydrogens (tertiary/aromatic N) is 3. The molecule has 0 amide bonds. The Bertz CT molecular complexity index is 1600. The van der Waals surface area contributed by atoms with Crippen LogP contribution in [-0.4, -0.2) is 21.8 Å². The first-order chi connectivity index (χ1) is 17.2. The SMILES string of the molecule is O=C(/C=C/c1ccccc1)Oc1ccccc1C=Nn1c(-c2ccco2)nc2ccccc2c1=O. The van der Waals surface area contributed by atoms with Crippen LogP contribution in [0.15, 0.2) is 118 Å². The molecule has 0 spiro atoms. The summed E-state index contributed by atoms with van der Waals surface area (Å²) in [5.41, 5.74) is 1.58. The van der Waals surface area contributed by atoms with Gasteiger partial charge in [0.15, 0.2) is 5.76 Å². The zero-order chi connectivity index (χ0) is 24.0. The number of hydrogen-bond donors (Lipinski definition) is 0. The molecular weight excluding hydrogens is 442 g/mol. The second kappa shape index (κ2) is 9.84. The molecule has 2 aromatic heterocycles. The minimum Gasteiger partial charge on any atom is -0.461 e. The number of carbonyl (C=O) groups is 1. The number of fused-ring (bicyclic) bond motifs is 1. The molecule has 0 bridgehead atoms. The van der Waals surface area contributed by atoms with Crippen LogP contribution in [-0.2, 0) is 4.79 Å². The first kappa shape index (κ1) is 21.8. The van der Waals surface area contributed by atoms with Gasteiger partial charge in [-0.05, 0) is 48.0 Å². The molecule has 0 aliphatic heterocycles. The van der Waals surface area contributed by atoms with Gasteiger partial charge < -0.3 is 9.15 Å². The molecule has 170 valence electrons. The lowest BCUT2D eigenvalue weighted by Gasteiger charge is -2.08. The smallest absolute Gasteiger partial charge is 0.336 e. The highest BCUT2D eigenvalue weighted by molar-refractivity contribution is 5.91. The Balaban J connectivity index is 1.48. The van der Waals surface area contributed by atoms with E-state index in [0.717, 1.165) is 5.56 Å². The van der Waals surface area contributed by atoms with Gasteiger partial charge >= 0.3 is 5.97 Å². The standard InChI is InChI=1S/C28H19N3O4/c32-26(17-16-20-9-2-1-3-10-20)35-24-14-7-4-11-21(24)19-29-31-27(25-15-8-18-34-25)30-23-13-6-5-12-22(23)28(31)33/h1-19H/b17-16+,29-19?. The van der Waals surface area contributed by atoms with Crippen LogP contribution < -0.4 is 10.3 Å². The molecule has 2 heterocycles. The van der Waals surface area contributed by atoms with Crippen molar-refractivity contribution in [1.82, 2.24) is 9.66 Å². The van der Waals surface area contributed by atoms with E-state index in [9.17, 15) is 9.59 Å². The van der Waals surface area contributed by atoms with Gasteiger partial charge in [0.1, 0.15) is 5.75 Å². The minimum atomic E-state index is -0.532. The first-order valence-corrected chi connectivity index (χ1v) is 10.8. The van der Waals surface area contributed by atoms with Crippen molar-refractivity contribution in [2.75, 3.05) is 0 Å². The van der Waals surface area contributed by atoms with Gasteiger partial charge in [-0.3, -0.25) is 4.79 Å². The van der Waals surface area contributed by atoms with E-state index < -0.39 is 5.97 Å². The second-order valence-electron chi connectivity index (χ2n) is 7.49. The summed E-state index contributed by atoms with van der Waals surface area (Å²) in [6, 6.07) is 26.8.